The summed E-state index contributed by atoms with van der Waals surface area (Å²) in [6.07, 6.45) is 22.1. The number of rotatable bonds is 15. The first kappa shape index (κ1) is 19.4. The third-order valence-electron chi connectivity index (χ3n) is 3.95. The molecule has 0 fully saturated rings. The Hall–Kier alpha value is -0.590. The summed E-state index contributed by atoms with van der Waals surface area (Å²) in [4.78, 5) is 11.0. The van der Waals surface area contributed by atoms with Crippen LogP contribution in [0, 0.1) is 5.92 Å². The summed E-state index contributed by atoms with van der Waals surface area (Å²) in [5.41, 5.74) is 0. The summed E-state index contributed by atoms with van der Waals surface area (Å²) in [5, 5.41) is 0. The van der Waals surface area contributed by atoms with Gasteiger partial charge in [-0.25, -0.2) is 0 Å². The second kappa shape index (κ2) is 16.5. The summed E-state index contributed by atoms with van der Waals surface area (Å²) in [7, 11) is 0. The zero-order valence-corrected chi connectivity index (χ0v) is 13.9. The van der Waals surface area contributed by atoms with Gasteiger partial charge in [-0.15, -0.1) is 0 Å². The van der Waals surface area contributed by atoms with Crippen LogP contribution >= 0.6 is 0 Å². The molecule has 0 saturated carbocycles. The van der Waals surface area contributed by atoms with Crippen LogP contribution < -0.4 is 0 Å². The highest BCUT2D eigenvalue weighted by Crippen LogP contribution is 2.14. The van der Waals surface area contributed by atoms with Gasteiger partial charge in [0, 0.05) is 5.92 Å². The van der Waals surface area contributed by atoms with Crippen LogP contribution in [-0.4, -0.2) is 6.29 Å². The van der Waals surface area contributed by atoms with Crippen LogP contribution in [0.3, 0.4) is 0 Å². The van der Waals surface area contributed by atoms with E-state index in [1.54, 1.807) is 0 Å². The maximum atomic E-state index is 11.0. The quantitative estimate of drug-likeness (QED) is 0.191. The Morgan fingerprint density at radius 2 is 1.35 bits per heavy atom. The molecule has 0 aliphatic rings. The molecule has 0 aliphatic heterocycles. The minimum Gasteiger partial charge on any atom is -0.303 e. The summed E-state index contributed by atoms with van der Waals surface area (Å²) >= 11 is 0. The van der Waals surface area contributed by atoms with Crippen molar-refractivity contribution < 1.29 is 4.79 Å². The van der Waals surface area contributed by atoms with Gasteiger partial charge in [0.2, 0.25) is 0 Å². The first-order chi connectivity index (χ1) is 9.85. The molecule has 0 saturated heterocycles. The zero-order chi connectivity index (χ0) is 14.9. The van der Waals surface area contributed by atoms with Gasteiger partial charge >= 0.3 is 0 Å². The highest BCUT2D eigenvalue weighted by atomic mass is 16.1. The van der Waals surface area contributed by atoms with Gasteiger partial charge < -0.3 is 4.79 Å². The van der Waals surface area contributed by atoms with Gasteiger partial charge in [-0.05, 0) is 25.7 Å². The molecular formula is C19H36O. The molecule has 0 aromatic carbocycles. The number of carbonyl (C=O) groups is 1. The van der Waals surface area contributed by atoms with Crippen LogP contribution in [0.2, 0.25) is 0 Å². The fourth-order valence-corrected chi connectivity index (χ4v) is 2.51. The number of allylic oxidation sites excluding steroid dienone is 2. The fourth-order valence-electron chi connectivity index (χ4n) is 2.51. The van der Waals surface area contributed by atoms with E-state index in [0.29, 0.717) is 0 Å². The molecule has 20 heavy (non-hydrogen) atoms. The van der Waals surface area contributed by atoms with Crippen LogP contribution in [0.15, 0.2) is 12.2 Å². The normalized spacial score (nSPS) is 12.9. The minimum absolute atomic E-state index is 0.257. The average molecular weight is 280 g/mol. The third-order valence-corrected chi connectivity index (χ3v) is 3.95. The fraction of sp³-hybridized carbons (Fsp3) is 0.842. The predicted molar refractivity (Wildman–Crippen MR) is 90.1 cm³/mol. The molecule has 0 N–H and O–H groups in total. The SMILES string of the molecule is CCCCCCCC/C=C/CC(C=O)CCCCCC. The second-order valence-electron chi connectivity index (χ2n) is 6.01. The maximum absolute atomic E-state index is 11.0. The van der Waals surface area contributed by atoms with Gasteiger partial charge in [0.05, 0.1) is 0 Å². The molecule has 0 aromatic rings. The Morgan fingerprint density at radius 3 is 2.00 bits per heavy atom. The van der Waals surface area contributed by atoms with Crippen molar-refractivity contribution in [2.24, 2.45) is 5.92 Å². The van der Waals surface area contributed by atoms with Gasteiger partial charge in [-0.2, -0.15) is 0 Å². The molecular weight excluding hydrogens is 244 g/mol. The Labute approximate surface area is 127 Å². The molecule has 0 radical (unpaired) electrons. The Balaban J connectivity index is 3.42. The average Bonchev–Trinajstić information content (AvgIpc) is 2.47. The van der Waals surface area contributed by atoms with Crippen molar-refractivity contribution in [2.45, 2.75) is 97.3 Å². The first-order valence-corrected chi connectivity index (χ1v) is 8.95. The van der Waals surface area contributed by atoms with Crippen molar-refractivity contribution in [1.82, 2.24) is 0 Å². The largest absolute Gasteiger partial charge is 0.303 e. The predicted octanol–water partition coefficient (Wildman–Crippen LogP) is 6.47. The van der Waals surface area contributed by atoms with E-state index < -0.39 is 0 Å². The van der Waals surface area contributed by atoms with E-state index in [9.17, 15) is 4.79 Å². The first-order valence-electron chi connectivity index (χ1n) is 8.95. The molecule has 118 valence electrons. The molecule has 1 atom stereocenters. The standard InChI is InChI=1S/C19H36O/c1-3-5-7-9-10-11-12-13-15-17-19(18-20)16-14-8-6-4-2/h13,15,18-19H,3-12,14,16-17H2,1-2H3/b15-13+. The van der Waals surface area contributed by atoms with Crippen LogP contribution in [0.25, 0.3) is 0 Å². The van der Waals surface area contributed by atoms with E-state index in [1.165, 1.54) is 70.6 Å². The number of hydrogen-bond donors (Lipinski definition) is 0. The maximum Gasteiger partial charge on any atom is 0.123 e. The summed E-state index contributed by atoms with van der Waals surface area (Å²) in [6.45, 7) is 4.48. The van der Waals surface area contributed by atoms with E-state index in [-0.39, 0.29) is 5.92 Å². The van der Waals surface area contributed by atoms with E-state index in [1.807, 2.05) is 0 Å². The van der Waals surface area contributed by atoms with Crippen LogP contribution in [-0.2, 0) is 4.79 Å². The van der Waals surface area contributed by atoms with Gasteiger partial charge in [0.1, 0.15) is 6.29 Å². The lowest BCUT2D eigenvalue weighted by Crippen LogP contribution is -2.00. The lowest BCUT2D eigenvalue weighted by molar-refractivity contribution is -0.111. The molecule has 0 heterocycles. The summed E-state index contributed by atoms with van der Waals surface area (Å²) in [5.74, 6) is 0.257. The smallest absolute Gasteiger partial charge is 0.123 e. The van der Waals surface area contributed by atoms with Crippen molar-refractivity contribution in [3.8, 4) is 0 Å². The lowest BCUT2D eigenvalue weighted by Gasteiger charge is -2.06. The summed E-state index contributed by atoms with van der Waals surface area (Å²) in [6, 6.07) is 0. The number of unbranched alkanes of at least 4 members (excludes halogenated alkanes) is 9. The van der Waals surface area contributed by atoms with Gasteiger partial charge in [-0.1, -0.05) is 83.8 Å². The van der Waals surface area contributed by atoms with Crippen LogP contribution in [0.4, 0.5) is 0 Å². The molecule has 1 heteroatoms. The highest BCUT2D eigenvalue weighted by Gasteiger charge is 2.04. The van der Waals surface area contributed by atoms with E-state index in [4.69, 9.17) is 0 Å². The van der Waals surface area contributed by atoms with Crippen molar-refractivity contribution in [1.29, 1.82) is 0 Å². The number of carbonyl (C=O) groups excluding carboxylic acids is 1. The van der Waals surface area contributed by atoms with E-state index >= 15 is 0 Å². The Kier molecular flexibility index (Phi) is 16.0. The van der Waals surface area contributed by atoms with Gasteiger partial charge in [-0.3, -0.25) is 0 Å². The third kappa shape index (κ3) is 13.8. The molecule has 0 aromatic heterocycles. The molecule has 0 spiro atoms. The number of hydrogen-bond acceptors (Lipinski definition) is 1. The molecule has 0 rings (SSSR count). The molecule has 0 bridgehead atoms. The Bertz CT molecular complexity index is 220. The number of aldehydes is 1. The van der Waals surface area contributed by atoms with E-state index in [0.717, 1.165) is 19.1 Å². The Morgan fingerprint density at radius 1 is 0.750 bits per heavy atom. The monoisotopic (exact) mass is 280 g/mol. The topological polar surface area (TPSA) is 17.1 Å². The van der Waals surface area contributed by atoms with Crippen LogP contribution in [0.1, 0.15) is 97.3 Å². The molecule has 0 aliphatic carbocycles. The zero-order valence-electron chi connectivity index (χ0n) is 13.9. The van der Waals surface area contributed by atoms with Crippen LogP contribution in [0.5, 0.6) is 0 Å². The van der Waals surface area contributed by atoms with Crippen molar-refractivity contribution in [3.63, 3.8) is 0 Å². The second-order valence-corrected chi connectivity index (χ2v) is 6.01. The lowest BCUT2D eigenvalue weighted by atomic mass is 9.98. The van der Waals surface area contributed by atoms with Crippen molar-refractivity contribution in [3.05, 3.63) is 12.2 Å². The van der Waals surface area contributed by atoms with Gasteiger partial charge in [0.15, 0.2) is 0 Å². The van der Waals surface area contributed by atoms with Gasteiger partial charge in [0.25, 0.3) is 0 Å². The summed E-state index contributed by atoms with van der Waals surface area (Å²) < 4.78 is 0. The molecule has 0 amide bonds. The van der Waals surface area contributed by atoms with E-state index in [2.05, 4.69) is 26.0 Å². The molecule has 1 nitrogen and oxygen atoms in total. The molecule has 1 unspecified atom stereocenters. The highest BCUT2D eigenvalue weighted by molar-refractivity contribution is 5.53. The van der Waals surface area contributed by atoms with Crippen molar-refractivity contribution in [2.75, 3.05) is 0 Å². The minimum atomic E-state index is 0.257. The van der Waals surface area contributed by atoms with Crippen molar-refractivity contribution >= 4 is 6.29 Å².